The molecule has 0 heterocycles. The van der Waals surface area contributed by atoms with Crippen LogP contribution in [-0.2, 0) is 0 Å². The molecule has 1 nitrogen and oxygen atoms in total. The van der Waals surface area contributed by atoms with Gasteiger partial charge in [0, 0.05) is 0 Å². The van der Waals surface area contributed by atoms with Crippen molar-refractivity contribution >= 4 is 0 Å². The van der Waals surface area contributed by atoms with Crippen LogP contribution in [0.1, 0.15) is 66.2 Å². The standard InChI is InChI=1S/C15H28O/c1-6-15(5,16)12-11-14(4)10-8-7-9-13(2)3/h1,13-14,16H,7-12H2,2-5H3. The number of hydrogen-bond donors (Lipinski definition) is 1. The van der Waals surface area contributed by atoms with E-state index in [0.717, 1.165) is 18.8 Å². The first kappa shape index (κ1) is 15.5. The van der Waals surface area contributed by atoms with E-state index >= 15 is 0 Å². The fraction of sp³-hybridized carbons (Fsp3) is 0.867. The minimum Gasteiger partial charge on any atom is -0.378 e. The Labute approximate surface area is 102 Å². The van der Waals surface area contributed by atoms with E-state index in [1.165, 1.54) is 25.7 Å². The molecule has 0 saturated heterocycles. The maximum Gasteiger partial charge on any atom is 0.122 e. The molecule has 0 aromatic rings. The van der Waals surface area contributed by atoms with Crippen molar-refractivity contribution in [2.75, 3.05) is 0 Å². The summed E-state index contributed by atoms with van der Waals surface area (Å²) < 4.78 is 0. The average Bonchev–Trinajstić information content (AvgIpc) is 2.21. The average molecular weight is 224 g/mol. The SMILES string of the molecule is C#CC(C)(O)CCC(C)CCCCC(C)C. The Bertz CT molecular complexity index is 210. The lowest BCUT2D eigenvalue weighted by Gasteiger charge is -2.19. The first-order valence-electron chi connectivity index (χ1n) is 6.57. The van der Waals surface area contributed by atoms with Crippen molar-refractivity contribution in [1.82, 2.24) is 0 Å². The van der Waals surface area contributed by atoms with Gasteiger partial charge in [-0.3, -0.25) is 0 Å². The molecular formula is C15H28O. The van der Waals surface area contributed by atoms with Crippen LogP contribution in [0.5, 0.6) is 0 Å². The third kappa shape index (κ3) is 8.80. The molecule has 0 aromatic carbocycles. The van der Waals surface area contributed by atoms with Crippen LogP contribution < -0.4 is 0 Å². The minimum absolute atomic E-state index is 0.673. The molecule has 0 saturated carbocycles. The summed E-state index contributed by atoms with van der Waals surface area (Å²) in [6, 6.07) is 0. The highest BCUT2D eigenvalue weighted by atomic mass is 16.3. The van der Waals surface area contributed by atoms with Gasteiger partial charge in [-0.05, 0) is 31.6 Å². The van der Waals surface area contributed by atoms with E-state index in [-0.39, 0.29) is 0 Å². The van der Waals surface area contributed by atoms with Gasteiger partial charge >= 0.3 is 0 Å². The topological polar surface area (TPSA) is 20.2 Å². The van der Waals surface area contributed by atoms with E-state index in [0.29, 0.717) is 5.92 Å². The molecule has 0 radical (unpaired) electrons. The lowest BCUT2D eigenvalue weighted by molar-refractivity contribution is 0.104. The largest absolute Gasteiger partial charge is 0.378 e. The van der Waals surface area contributed by atoms with E-state index in [4.69, 9.17) is 6.42 Å². The molecule has 1 heteroatoms. The third-order valence-corrected chi connectivity index (χ3v) is 3.16. The second kappa shape index (κ2) is 7.74. The van der Waals surface area contributed by atoms with Crippen LogP contribution in [0.3, 0.4) is 0 Å². The van der Waals surface area contributed by atoms with E-state index in [1.807, 2.05) is 0 Å². The number of unbranched alkanes of at least 4 members (excludes halogenated alkanes) is 1. The number of hydrogen-bond acceptors (Lipinski definition) is 1. The fourth-order valence-electron chi connectivity index (χ4n) is 1.79. The molecule has 16 heavy (non-hydrogen) atoms. The highest BCUT2D eigenvalue weighted by molar-refractivity contribution is 5.04. The molecule has 0 aliphatic carbocycles. The Morgan fingerprint density at radius 2 is 1.69 bits per heavy atom. The molecule has 0 fully saturated rings. The quantitative estimate of drug-likeness (QED) is 0.488. The van der Waals surface area contributed by atoms with Crippen molar-refractivity contribution in [1.29, 1.82) is 0 Å². The van der Waals surface area contributed by atoms with Crippen molar-refractivity contribution in [3.63, 3.8) is 0 Å². The van der Waals surface area contributed by atoms with Gasteiger partial charge in [0.05, 0.1) is 0 Å². The first-order valence-corrected chi connectivity index (χ1v) is 6.57. The van der Waals surface area contributed by atoms with Crippen molar-refractivity contribution in [3.8, 4) is 12.3 Å². The first-order chi connectivity index (χ1) is 7.37. The molecule has 0 spiro atoms. The summed E-state index contributed by atoms with van der Waals surface area (Å²) in [6.07, 6.45) is 12.2. The van der Waals surface area contributed by atoms with Crippen LogP contribution >= 0.6 is 0 Å². The zero-order valence-electron chi connectivity index (χ0n) is 11.4. The molecule has 94 valence electrons. The van der Waals surface area contributed by atoms with Gasteiger partial charge < -0.3 is 5.11 Å². The molecule has 0 aromatic heterocycles. The summed E-state index contributed by atoms with van der Waals surface area (Å²) in [5.74, 6) is 3.92. The molecule has 2 unspecified atom stereocenters. The van der Waals surface area contributed by atoms with Gasteiger partial charge in [0.2, 0.25) is 0 Å². The molecule has 0 amide bonds. The zero-order chi connectivity index (χ0) is 12.6. The summed E-state index contributed by atoms with van der Waals surface area (Å²) in [5, 5.41) is 9.68. The van der Waals surface area contributed by atoms with Crippen molar-refractivity contribution < 1.29 is 5.11 Å². The number of terminal acetylenes is 1. The lowest BCUT2D eigenvalue weighted by atomic mass is 9.91. The van der Waals surface area contributed by atoms with Gasteiger partial charge in [0.15, 0.2) is 0 Å². The highest BCUT2D eigenvalue weighted by Crippen LogP contribution is 2.20. The summed E-state index contributed by atoms with van der Waals surface area (Å²) in [7, 11) is 0. The zero-order valence-corrected chi connectivity index (χ0v) is 11.4. The molecule has 0 rings (SSSR count). The molecular weight excluding hydrogens is 196 g/mol. The molecule has 2 atom stereocenters. The Morgan fingerprint density at radius 1 is 1.12 bits per heavy atom. The highest BCUT2D eigenvalue weighted by Gasteiger charge is 2.17. The monoisotopic (exact) mass is 224 g/mol. The van der Waals surface area contributed by atoms with Gasteiger partial charge in [-0.2, -0.15) is 0 Å². The molecule has 0 aliphatic rings. The molecule has 0 bridgehead atoms. The van der Waals surface area contributed by atoms with E-state index in [1.54, 1.807) is 6.92 Å². The van der Waals surface area contributed by atoms with Crippen LogP contribution in [0.2, 0.25) is 0 Å². The molecule has 1 N–H and O–H groups in total. The van der Waals surface area contributed by atoms with Gasteiger partial charge in [-0.1, -0.05) is 52.4 Å². The number of aliphatic hydroxyl groups is 1. The van der Waals surface area contributed by atoms with E-state index in [9.17, 15) is 5.11 Å². The third-order valence-electron chi connectivity index (χ3n) is 3.16. The van der Waals surface area contributed by atoms with E-state index in [2.05, 4.69) is 26.7 Å². The Balaban J connectivity index is 3.53. The van der Waals surface area contributed by atoms with E-state index < -0.39 is 5.60 Å². The predicted octanol–water partition coefficient (Wildman–Crippen LogP) is 4.00. The normalized spacial score (nSPS) is 16.8. The Hall–Kier alpha value is -0.480. The smallest absolute Gasteiger partial charge is 0.122 e. The van der Waals surface area contributed by atoms with Crippen molar-refractivity contribution in [2.24, 2.45) is 11.8 Å². The number of rotatable bonds is 8. The van der Waals surface area contributed by atoms with Crippen LogP contribution in [0.4, 0.5) is 0 Å². The predicted molar refractivity (Wildman–Crippen MR) is 71.2 cm³/mol. The second-order valence-electron chi connectivity index (χ2n) is 5.74. The summed E-state index contributed by atoms with van der Waals surface area (Å²) in [5.41, 5.74) is -0.911. The maximum absolute atomic E-state index is 9.68. The van der Waals surface area contributed by atoms with Gasteiger partial charge in [-0.15, -0.1) is 6.42 Å². The lowest BCUT2D eigenvalue weighted by Crippen LogP contribution is -2.21. The van der Waals surface area contributed by atoms with Crippen molar-refractivity contribution in [2.45, 2.75) is 71.8 Å². The summed E-state index contributed by atoms with van der Waals surface area (Å²) in [4.78, 5) is 0. The second-order valence-corrected chi connectivity index (χ2v) is 5.74. The van der Waals surface area contributed by atoms with Crippen LogP contribution in [-0.4, -0.2) is 10.7 Å². The fourth-order valence-corrected chi connectivity index (χ4v) is 1.79. The van der Waals surface area contributed by atoms with Crippen molar-refractivity contribution in [3.05, 3.63) is 0 Å². The van der Waals surface area contributed by atoms with Gasteiger partial charge in [-0.25, -0.2) is 0 Å². The minimum atomic E-state index is -0.911. The Morgan fingerprint density at radius 3 is 2.19 bits per heavy atom. The van der Waals surface area contributed by atoms with Gasteiger partial charge in [0.1, 0.15) is 5.60 Å². The van der Waals surface area contributed by atoms with Crippen LogP contribution in [0.25, 0.3) is 0 Å². The van der Waals surface area contributed by atoms with Crippen LogP contribution in [0.15, 0.2) is 0 Å². The Kier molecular flexibility index (Phi) is 7.51. The molecule has 0 aliphatic heterocycles. The summed E-state index contributed by atoms with van der Waals surface area (Å²) in [6.45, 7) is 8.52. The summed E-state index contributed by atoms with van der Waals surface area (Å²) >= 11 is 0. The maximum atomic E-state index is 9.68. The van der Waals surface area contributed by atoms with Crippen LogP contribution in [0, 0.1) is 24.2 Å². The van der Waals surface area contributed by atoms with Gasteiger partial charge in [0.25, 0.3) is 0 Å².